The molecule has 0 unspecified atom stereocenters. The van der Waals surface area contributed by atoms with Crippen LogP contribution < -0.4 is 10.6 Å². The Labute approximate surface area is 136 Å². The molecule has 1 aliphatic carbocycles. The summed E-state index contributed by atoms with van der Waals surface area (Å²) < 4.78 is 10.9. The predicted octanol–water partition coefficient (Wildman–Crippen LogP) is 1.85. The quantitative estimate of drug-likeness (QED) is 0.863. The van der Waals surface area contributed by atoms with Crippen molar-refractivity contribution in [1.29, 1.82) is 0 Å². The fraction of sp³-hybridized carbons (Fsp3) is 0.812. The number of hydrogen-bond acceptors (Lipinski definition) is 5. The second-order valence-electron chi connectivity index (χ2n) is 7.39. The molecule has 128 valence electrons. The molecule has 2 heterocycles. The molecular formula is C16H26N4O3. The average Bonchev–Trinajstić information content (AvgIpc) is 3.13. The molecular weight excluding hydrogens is 296 g/mol. The molecule has 1 aliphatic heterocycles. The molecule has 2 amide bonds. The van der Waals surface area contributed by atoms with Crippen LogP contribution in [0, 0.1) is 11.3 Å². The highest BCUT2D eigenvalue weighted by Gasteiger charge is 2.59. The highest BCUT2D eigenvalue weighted by atomic mass is 16.5. The Kier molecular flexibility index (Phi) is 4.31. The molecule has 7 nitrogen and oxygen atoms in total. The fourth-order valence-corrected chi connectivity index (χ4v) is 3.70. The van der Waals surface area contributed by atoms with Crippen LogP contribution in [0.5, 0.6) is 0 Å². The molecule has 1 aromatic rings. The number of aromatic nitrogens is 2. The number of carbonyl (C=O) groups excluding carboxylic acids is 1. The van der Waals surface area contributed by atoms with Crippen molar-refractivity contribution >= 4 is 6.03 Å². The number of hydrogen-bond donors (Lipinski definition) is 2. The molecule has 23 heavy (non-hydrogen) atoms. The topological polar surface area (TPSA) is 89.3 Å². The number of amides is 2. The van der Waals surface area contributed by atoms with E-state index in [4.69, 9.17) is 9.26 Å². The molecule has 3 rings (SSSR count). The first-order valence-electron chi connectivity index (χ1n) is 8.38. The van der Waals surface area contributed by atoms with Gasteiger partial charge in [-0.25, -0.2) is 4.79 Å². The molecule has 7 heteroatoms. The second-order valence-corrected chi connectivity index (χ2v) is 7.39. The minimum atomic E-state index is -0.142. The van der Waals surface area contributed by atoms with Gasteiger partial charge in [-0.3, -0.25) is 0 Å². The van der Waals surface area contributed by atoms with Crippen molar-refractivity contribution in [3.05, 3.63) is 11.7 Å². The van der Waals surface area contributed by atoms with Gasteiger partial charge in [-0.2, -0.15) is 4.98 Å². The molecule has 0 aromatic carbocycles. The van der Waals surface area contributed by atoms with Gasteiger partial charge in [0, 0.05) is 42.9 Å². The molecule has 1 saturated carbocycles. The molecule has 0 spiro atoms. The molecule has 2 aliphatic rings. The van der Waals surface area contributed by atoms with Crippen LogP contribution >= 0.6 is 0 Å². The fourth-order valence-electron chi connectivity index (χ4n) is 3.70. The van der Waals surface area contributed by atoms with Crippen LogP contribution in [0.15, 0.2) is 4.52 Å². The van der Waals surface area contributed by atoms with Gasteiger partial charge in [0.25, 0.3) is 0 Å². The van der Waals surface area contributed by atoms with E-state index in [0.29, 0.717) is 30.6 Å². The summed E-state index contributed by atoms with van der Waals surface area (Å²) in [6, 6.07) is 0.0305. The van der Waals surface area contributed by atoms with E-state index >= 15 is 0 Å². The highest BCUT2D eigenvalue weighted by molar-refractivity contribution is 5.74. The molecule has 0 radical (unpaired) electrons. The summed E-state index contributed by atoms with van der Waals surface area (Å²) in [5.41, 5.74) is -0.00282. The van der Waals surface area contributed by atoms with E-state index < -0.39 is 0 Å². The summed E-state index contributed by atoms with van der Waals surface area (Å²) >= 11 is 0. The third-order valence-corrected chi connectivity index (χ3v) is 5.01. The van der Waals surface area contributed by atoms with Gasteiger partial charge in [-0.05, 0) is 6.42 Å². The number of nitrogens with zero attached hydrogens (tertiary/aromatic N) is 2. The number of ether oxygens (including phenoxy) is 1. The summed E-state index contributed by atoms with van der Waals surface area (Å²) in [7, 11) is 0. The summed E-state index contributed by atoms with van der Waals surface area (Å²) in [6.07, 6.45) is 1.84. The monoisotopic (exact) mass is 322 g/mol. The molecule has 3 atom stereocenters. The predicted molar refractivity (Wildman–Crippen MR) is 84.0 cm³/mol. The van der Waals surface area contributed by atoms with Gasteiger partial charge in [0.05, 0.1) is 6.10 Å². The van der Waals surface area contributed by atoms with Gasteiger partial charge in [-0.15, -0.1) is 0 Å². The molecule has 0 bridgehead atoms. The lowest BCUT2D eigenvalue weighted by atomic mass is 9.57. The van der Waals surface area contributed by atoms with Gasteiger partial charge >= 0.3 is 6.03 Å². The van der Waals surface area contributed by atoms with Crippen LogP contribution in [-0.4, -0.2) is 41.5 Å². The van der Waals surface area contributed by atoms with E-state index in [1.807, 2.05) is 13.8 Å². The molecule has 1 aromatic heterocycles. The maximum absolute atomic E-state index is 12.1. The van der Waals surface area contributed by atoms with Crippen LogP contribution in [0.3, 0.4) is 0 Å². The lowest BCUT2D eigenvalue weighted by Gasteiger charge is -2.54. The van der Waals surface area contributed by atoms with E-state index in [0.717, 1.165) is 13.0 Å². The van der Waals surface area contributed by atoms with Crippen molar-refractivity contribution in [3.63, 3.8) is 0 Å². The van der Waals surface area contributed by atoms with Crippen molar-refractivity contribution in [2.75, 3.05) is 13.2 Å². The zero-order valence-corrected chi connectivity index (χ0v) is 14.3. The summed E-state index contributed by atoms with van der Waals surface area (Å²) in [5, 5.41) is 9.87. The maximum atomic E-state index is 12.1. The Morgan fingerprint density at radius 2 is 2.22 bits per heavy atom. The summed E-state index contributed by atoms with van der Waals surface area (Å²) in [6.45, 7) is 9.60. The zero-order chi connectivity index (χ0) is 16.6. The molecule has 2 fully saturated rings. The van der Waals surface area contributed by atoms with Gasteiger partial charge < -0.3 is 19.9 Å². The van der Waals surface area contributed by atoms with Gasteiger partial charge in [0.2, 0.25) is 5.89 Å². The number of carbonyl (C=O) groups is 1. The van der Waals surface area contributed by atoms with E-state index in [-0.39, 0.29) is 29.5 Å². The Balaban J connectivity index is 1.43. The lowest BCUT2D eigenvalue weighted by molar-refractivity contribution is -0.108. The van der Waals surface area contributed by atoms with E-state index in [9.17, 15) is 4.79 Å². The first kappa shape index (κ1) is 16.2. The first-order chi connectivity index (χ1) is 10.9. The highest BCUT2D eigenvalue weighted by Crippen LogP contribution is 2.51. The zero-order valence-electron chi connectivity index (χ0n) is 14.3. The van der Waals surface area contributed by atoms with Crippen molar-refractivity contribution in [2.24, 2.45) is 11.3 Å². The van der Waals surface area contributed by atoms with Crippen LogP contribution in [0.2, 0.25) is 0 Å². The van der Waals surface area contributed by atoms with Crippen LogP contribution in [0.1, 0.15) is 51.7 Å². The minimum Gasteiger partial charge on any atom is -0.377 e. The second kappa shape index (κ2) is 6.11. The number of urea groups is 1. The summed E-state index contributed by atoms with van der Waals surface area (Å²) in [5.74, 6) is 1.95. The van der Waals surface area contributed by atoms with Crippen LogP contribution in [0.25, 0.3) is 0 Å². The third-order valence-electron chi connectivity index (χ3n) is 5.01. The third kappa shape index (κ3) is 3.06. The van der Waals surface area contributed by atoms with Crippen molar-refractivity contribution in [2.45, 2.75) is 58.6 Å². The molecule has 2 N–H and O–H groups in total. The number of rotatable bonds is 5. The van der Waals surface area contributed by atoms with Gasteiger partial charge in [-0.1, -0.05) is 32.9 Å². The average molecular weight is 322 g/mol. The van der Waals surface area contributed by atoms with Crippen molar-refractivity contribution in [3.8, 4) is 0 Å². The Bertz CT molecular complexity index is 569. The van der Waals surface area contributed by atoms with E-state index in [1.165, 1.54) is 0 Å². The lowest BCUT2D eigenvalue weighted by Crippen LogP contribution is -2.67. The Morgan fingerprint density at radius 3 is 2.91 bits per heavy atom. The maximum Gasteiger partial charge on any atom is 0.315 e. The largest absolute Gasteiger partial charge is 0.377 e. The van der Waals surface area contributed by atoms with Gasteiger partial charge in [0.1, 0.15) is 0 Å². The number of fused-ring (bicyclic) bond motifs is 1. The minimum absolute atomic E-state index is 0.00282. The van der Waals surface area contributed by atoms with Crippen LogP contribution in [-0.2, 0) is 11.2 Å². The molecule has 1 saturated heterocycles. The van der Waals surface area contributed by atoms with Gasteiger partial charge in [0.15, 0.2) is 5.82 Å². The van der Waals surface area contributed by atoms with Crippen LogP contribution in [0.4, 0.5) is 4.79 Å². The first-order valence-corrected chi connectivity index (χ1v) is 8.38. The normalized spacial score (nSPS) is 28.3. The van der Waals surface area contributed by atoms with Crippen molar-refractivity contribution < 1.29 is 14.1 Å². The van der Waals surface area contributed by atoms with E-state index in [2.05, 4.69) is 34.6 Å². The summed E-state index contributed by atoms with van der Waals surface area (Å²) in [4.78, 5) is 16.4. The Hall–Kier alpha value is -1.63. The SMILES string of the molecule is CC(C)c1noc(CCNC(=O)N[C@@H]2[C@@H]3CCO[C@H]3C2(C)C)n1. The smallest absolute Gasteiger partial charge is 0.315 e. The standard InChI is InChI=1S/C16H26N4O3/c1-9(2)14-18-11(23-20-14)5-7-17-15(21)19-12-10-6-8-22-13(10)16(12,3)4/h9-10,12-13H,5-8H2,1-4H3,(H2,17,19,21)/t10-,12+,13+/m0/s1. The Morgan fingerprint density at radius 1 is 1.43 bits per heavy atom. The number of nitrogens with one attached hydrogen (secondary N) is 2. The van der Waals surface area contributed by atoms with Crippen molar-refractivity contribution in [1.82, 2.24) is 20.8 Å². The van der Waals surface area contributed by atoms with E-state index in [1.54, 1.807) is 0 Å².